The molecule has 0 spiro atoms. The quantitative estimate of drug-likeness (QED) is 0.788. The Morgan fingerprint density at radius 1 is 1.72 bits per heavy atom. The lowest BCUT2D eigenvalue weighted by Gasteiger charge is -2.42. The number of nitrogens with zero attached hydrogens (tertiary/aromatic N) is 2. The molecule has 6 heteroatoms. The number of nitrogens with one attached hydrogen (secondary N) is 1. The van der Waals surface area contributed by atoms with Crippen LogP contribution in [0, 0.1) is 6.92 Å². The van der Waals surface area contributed by atoms with Gasteiger partial charge in [-0.1, -0.05) is 0 Å². The molecule has 0 bridgehead atoms. The number of aryl methyl sites for hydroxylation is 2. The highest BCUT2D eigenvalue weighted by Gasteiger charge is 2.40. The minimum absolute atomic E-state index is 0.0255. The number of hydrogen-bond donors (Lipinski definition) is 2. The second-order valence-electron chi connectivity index (χ2n) is 4.69. The maximum absolute atomic E-state index is 12.1. The predicted molar refractivity (Wildman–Crippen MR) is 67.2 cm³/mol. The van der Waals surface area contributed by atoms with Crippen LogP contribution in [0.15, 0.2) is 6.20 Å². The van der Waals surface area contributed by atoms with E-state index < -0.39 is 0 Å². The monoisotopic (exact) mass is 252 g/mol. The van der Waals surface area contributed by atoms with Crippen molar-refractivity contribution in [2.24, 2.45) is 12.8 Å². The Morgan fingerprint density at radius 2 is 2.44 bits per heavy atom. The van der Waals surface area contributed by atoms with Crippen LogP contribution in [0.4, 0.5) is 0 Å². The summed E-state index contributed by atoms with van der Waals surface area (Å²) in [6, 6.07) is -0.125. The summed E-state index contributed by atoms with van der Waals surface area (Å²) in [5.41, 5.74) is 7.21. The van der Waals surface area contributed by atoms with Crippen LogP contribution in [0.25, 0.3) is 0 Å². The maximum atomic E-state index is 12.1. The van der Waals surface area contributed by atoms with Crippen molar-refractivity contribution in [3.63, 3.8) is 0 Å². The molecule has 1 amide bonds. The minimum atomic E-state index is -0.134. The van der Waals surface area contributed by atoms with Crippen LogP contribution >= 0.6 is 0 Å². The normalized spacial score (nSPS) is 26.8. The summed E-state index contributed by atoms with van der Waals surface area (Å²) in [6.45, 7) is 4.39. The molecule has 0 radical (unpaired) electrons. The van der Waals surface area contributed by atoms with Gasteiger partial charge >= 0.3 is 0 Å². The molecule has 1 heterocycles. The molecule has 1 saturated carbocycles. The summed E-state index contributed by atoms with van der Waals surface area (Å²) >= 11 is 0. The summed E-state index contributed by atoms with van der Waals surface area (Å²) in [7, 11) is 1.79. The molecule has 100 valence electrons. The first-order chi connectivity index (χ1) is 8.52. The van der Waals surface area contributed by atoms with Crippen LogP contribution in [-0.4, -0.2) is 40.5 Å². The van der Waals surface area contributed by atoms with E-state index in [1.807, 2.05) is 13.8 Å². The molecule has 6 nitrogen and oxygen atoms in total. The van der Waals surface area contributed by atoms with Gasteiger partial charge in [0.05, 0.1) is 23.4 Å². The summed E-state index contributed by atoms with van der Waals surface area (Å²) in [4.78, 5) is 12.1. The molecule has 18 heavy (non-hydrogen) atoms. The lowest BCUT2D eigenvalue weighted by molar-refractivity contribution is -0.0300. The van der Waals surface area contributed by atoms with Crippen molar-refractivity contribution in [2.75, 3.05) is 6.61 Å². The highest BCUT2D eigenvalue weighted by molar-refractivity contribution is 5.95. The molecular weight excluding hydrogens is 232 g/mol. The van der Waals surface area contributed by atoms with Gasteiger partial charge in [-0.15, -0.1) is 0 Å². The highest BCUT2D eigenvalue weighted by atomic mass is 16.5. The lowest BCUT2D eigenvalue weighted by Crippen LogP contribution is -2.64. The van der Waals surface area contributed by atoms with Crippen LogP contribution in [0.5, 0.6) is 0 Å². The number of hydrogen-bond acceptors (Lipinski definition) is 4. The first-order valence-electron chi connectivity index (χ1n) is 6.21. The van der Waals surface area contributed by atoms with Crippen molar-refractivity contribution in [3.05, 3.63) is 17.5 Å². The molecule has 0 saturated heterocycles. The number of carbonyl (C=O) groups excluding carboxylic acids is 1. The van der Waals surface area contributed by atoms with Crippen LogP contribution in [0.1, 0.15) is 29.4 Å². The average Bonchev–Trinajstić information content (AvgIpc) is 2.65. The molecule has 1 aliphatic rings. The van der Waals surface area contributed by atoms with E-state index in [9.17, 15) is 4.79 Å². The fourth-order valence-corrected chi connectivity index (χ4v) is 2.28. The Morgan fingerprint density at radius 3 is 2.94 bits per heavy atom. The molecule has 1 aromatic heterocycles. The van der Waals surface area contributed by atoms with Crippen LogP contribution < -0.4 is 11.1 Å². The Balaban J connectivity index is 2.01. The summed E-state index contributed by atoms with van der Waals surface area (Å²) in [5.74, 6) is -0.134. The van der Waals surface area contributed by atoms with Crippen molar-refractivity contribution < 1.29 is 9.53 Å². The Labute approximate surface area is 106 Å². The standard InChI is InChI=1S/C12H20N4O2/c1-4-18-10-5-9(13)11(10)14-12(17)8-6-16(3)15-7(8)2/h6,9-11H,4-5,13H2,1-3H3,(H,14,17). The molecule has 3 unspecified atom stereocenters. The summed E-state index contributed by atoms with van der Waals surface area (Å²) in [5, 5.41) is 7.08. The van der Waals surface area contributed by atoms with Gasteiger partial charge in [0, 0.05) is 25.9 Å². The number of rotatable bonds is 4. The predicted octanol–water partition coefficient (Wildman–Crippen LogP) is -0.0370. The molecule has 2 rings (SSSR count). The van der Waals surface area contributed by atoms with Gasteiger partial charge in [-0.25, -0.2) is 0 Å². The van der Waals surface area contributed by atoms with Gasteiger partial charge in [0.15, 0.2) is 0 Å². The van der Waals surface area contributed by atoms with Gasteiger partial charge < -0.3 is 15.8 Å². The zero-order chi connectivity index (χ0) is 13.3. The second kappa shape index (κ2) is 5.07. The summed E-state index contributed by atoms with van der Waals surface area (Å²) < 4.78 is 7.15. The first kappa shape index (κ1) is 13.0. The molecule has 0 aliphatic heterocycles. The zero-order valence-electron chi connectivity index (χ0n) is 11.0. The van der Waals surface area contributed by atoms with Crippen molar-refractivity contribution in [1.82, 2.24) is 15.1 Å². The van der Waals surface area contributed by atoms with E-state index >= 15 is 0 Å². The number of ether oxygens (including phenoxy) is 1. The van der Waals surface area contributed by atoms with Crippen molar-refractivity contribution in [3.8, 4) is 0 Å². The van der Waals surface area contributed by atoms with Crippen LogP contribution in [0.3, 0.4) is 0 Å². The largest absolute Gasteiger partial charge is 0.376 e. The third kappa shape index (κ3) is 2.39. The molecule has 1 aromatic rings. The third-order valence-electron chi connectivity index (χ3n) is 3.30. The van der Waals surface area contributed by atoms with E-state index in [0.717, 1.165) is 12.1 Å². The minimum Gasteiger partial charge on any atom is -0.376 e. The van der Waals surface area contributed by atoms with E-state index in [-0.39, 0.29) is 24.1 Å². The SMILES string of the molecule is CCOC1CC(N)C1NC(=O)c1cn(C)nc1C. The van der Waals surface area contributed by atoms with Crippen LogP contribution in [-0.2, 0) is 11.8 Å². The number of carbonyl (C=O) groups is 1. The Hall–Kier alpha value is -1.40. The smallest absolute Gasteiger partial charge is 0.255 e. The van der Waals surface area contributed by atoms with E-state index in [4.69, 9.17) is 10.5 Å². The Kier molecular flexibility index (Phi) is 3.68. The van der Waals surface area contributed by atoms with Gasteiger partial charge in [-0.3, -0.25) is 9.48 Å². The fraction of sp³-hybridized carbons (Fsp3) is 0.667. The van der Waals surface area contributed by atoms with E-state index in [1.54, 1.807) is 17.9 Å². The molecule has 0 aromatic carbocycles. The topological polar surface area (TPSA) is 82.2 Å². The second-order valence-corrected chi connectivity index (χ2v) is 4.69. The summed E-state index contributed by atoms with van der Waals surface area (Å²) in [6.07, 6.45) is 2.54. The van der Waals surface area contributed by atoms with Gasteiger partial charge in [0.25, 0.3) is 5.91 Å². The van der Waals surface area contributed by atoms with Crippen molar-refractivity contribution >= 4 is 5.91 Å². The molecule has 3 N–H and O–H groups in total. The molecule has 3 atom stereocenters. The van der Waals surface area contributed by atoms with Gasteiger partial charge in [-0.05, 0) is 20.3 Å². The number of amides is 1. The molecule has 1 fully saturated rings. The third-order valence-corrected chi connectivity index (χ3v) is 3.30. The lowest BCUT2D eigenvalue weighted by atomic mass is 9.83. The number of aromatic nitrogens is 2. The van der Waals surface area contributed by atoms with Gasteiger partial charge in [0.1, 0.15) is 0 Å². The van der Waals surface area contributed by atoms with Crippen molar-refractivity contribution in [2.45, 2.75) is 38.5 Å². The first-order valence-corrected chi connectivity index (χ1v) is 6.21. The highest BCUT2D eigenvalue weighted by Crippen LogP contribution is 2.23. The average molecular weight is 252 g/mol. The number of nitrogens with two attached hydrogens (primary N) is 1. The van der Waals surface area contributed by atoms with E-state index in [1.165, 1.54) is 0 Å². The van der Waals surface area contributed by atoms with Gasteiger partial charge in [0.2, 0.25) is 0 Å². The molecule has 1 aliphatic carbocycles. The Bertz CT molecular complexity index is 441. The van der Waals surface area contributed by atoms with Gasteiger partial charge in [-0.2, -0.15) is 5.10 Å². The van der Waals surface area contributed by atoms with E-state index in [0.29, 0.717) is 12.2 Å². The molecular formula is C12H20N4O2. The fourth-order valence-electron chi connectivity index (χ4n) is 2.28. The van der Waals surface area contributed by atoms with Crippen LogP contribution in [0.2, 0.25) is 0 Å². The maximum Gasteiger partial charge on any atom is 0.255 e. The van der Waals surface area contributed by atoms with E-state index in [2.05, 4.69) is 10.4 Å². The zero-order valence-corrected chi connectivity index (χ0v) is 11.0. The van der Waals surface area contributed by atoms with Crippen molar-refractivity contribution in [1.29, 1.82) is 0 Å².